The molecule has 0 fully saturated rings. The smallest absolute Gasteiger partial charge is 0.199 e. The van der Waals surface area contributed by atoms with Gasteiger partial charge in [-0.15, -0.1) is 0 Å². The van der Waals surface area contributed by atoms with Gasteiger partial charge in [-0.1, -0.05) is 15.9 Å². The highest BCUT2D eigenvalue weighted by molar-refractivity contribution is 9.10. The van der Waals surface area contributed by atoms with E-state index in [1.807, 2.05) is 0 Å². The molecular formula is C15H12BrFO3. The molecule has 0 unspecified atom stereocenters. The van der Waals surface area contributed by atoms with Crippen LogP contribution in [0.3, 0.4) is 0 Å². The normalized spacial score (nSPS) is 10.2. The zero-order valence-electron chi connectivity index (χ0n) is 10.9. The van der Waals surface area contributed by atoms with Crippen LogP contribution in [-0.2, 0) is 0 Å². The zero-order valence-corrected chi connectivity index (χ0v) is 12.5. The largest absolute Gasteiger partial charge is 0.497 e. The topological polar surface area (TPSA) is 35.5 Å². The second kappa shape index (κ2) is 6.05. The van der Waals surface area contributed by atoms with Gasteiger partial charge in [0.1, 0.15) is 17.3 Å². The maximum atomic E-state index is 13.9. The van der Waals surface area contributed by atoms with Gasteiger partial charge < -0.3 is 9.47 Å². The van der Waals surface area contributed by atoms with E-state index in [1.54, 1.807) is 18.2 Å². The fraction of sp³-hybridized carbons (Fsp3) is 0.133. The van der Waals surface area contributed by atoms with Gasteiger partial charge in [0.2, 0.25) is 0 Å². The summed E-state index contributed by atoms with van der Waals surface area (Å²) in [4.78, 5) is 12.4. The summed E-state index contributed by atoms with van der Waals surface area (Å²) >= 11 is 3.16. The van der Waals surface area contributed by atoms with Gasteiger partial charge in [-0.25, -0.2) is 4.39 Å². The van der Waals surface area contributed by atoms with Gasteiger partial charge in [0.15, 0.2) is 5.78 Å². The van der Waals surface area contributed by atoms with Crippen molar-refractivity contribution in [3.05, 3.63) is 57.8 Å². The zero-order chi connectivity index (χ0) is 14.7. The average molecular weight is 339 g/mol. The highest BCUT2D eigenvalue weighted by Crippen LogP contribution is 2.27. The first-order valence-electron chi connectivity index (χ1n) is 5.78. The second-order valence-corrected chi connectivity index (χ2v) is 4.94. The molecule has 0 aliphatic heterocycles. The van der Waals surface area contributed by atoms with Crippen LogP contribution in [0.1, 0.15) is 15.9 Å². The van der Waals surface area contributed by atoms with E-state index in [9.17, 15) is 9.18 Å². The first-order chi connectivity index (χ1) is 9.56. The van der Waals surface area contributed by atoms with Crippen LogP contribution in [0.5, 0.6) is 11.5 Å². The maximum Gasteiger partial charge on any atom is 0.199 e. The predicted molar refractivity (Wildman–Crippen MR) is 77.1 cm³/mol. The van der Waals surface area contributed by atoms with Crippen LogP contribution in [0.2, 0.25) is 0 Å². The molecule has 2 rings (SSSR count). The maximum absolute atomic E-state index is 13.9. The van der Waals surface area contributed by atoms with Crippen molar-refractivity contribution in [3.8, 4) is 11.5 Å². The van der Waals surface area contributed by atoms with Gasteiger partial charge in [-0.05, 0) is 36.4 Å². The SMILES string of the molecule is COc1ccc(OC)c(C(=O)c2ccc(Br)cc2F)c1. The van der Waals surface area contributed by atoms with Gasteiger partial charge in [-0.2, -0.15) is 0 Å². The minimum atomic E-state index is -0.589. The number of carbonyl (C=O) groups is 1. The summed E-state index contributed by atoms with van der Waals surface area (Å²) in [6.45, 7) is 0. The molecule has 3 nitrogen and oxygen atoms in total. The molecule has 0 bridgehead atoms. The van der Waals surface area contributed by atoms with Gasteiger partial charge >= 0.3 is 0 Å². The van der Waals surface area contributed by atoms with Crippen LogP contribution in [-0.4, -0.2) is 20.0 Å². The first-order valence-corrected chi connectivity index (χ1v) is 6.58. The molecule has 0 N–H and O–H groups in total. The lowest BCUT2D eigenvalue weighted by molar-refractivity contribution is 0.103. The highest BCUT2D eigenvalue weighted by atomic mass is 79.9. The van der Waals surface area contributed by atoms with Gasteiger partial charge in [0.05, 0.1) is 25.3 Å². The number of rotatable bonds is 4. The summed E-state index contributed by atoms with van der Waals surface area (Å²) in [6.07, 6.45) is 0. The Morgan fingerprint density at radius 2 is 1.80 bits per heavy atom. The fourth-order valence-electron chi connectivity index (χ4n) is 1.81. The van der Waals surface area contributed by atoms with Crippen molar-refractivity contribution < 1.29 is 18.7 Å². The Bertz CT molecular complexity index is 656. The molecule has 2 aromatic carbocycles. The molecular weight excluding hydrogens is 327 g/mol. The molecule has 0 heterocycles. The van der Waals surface area contributed by atoms with Gasteiger partial charge in [0.25, 0.3) is 0 Å². The molecule has 0 saturated carbocycles. The lowest BCUT2D eigenvalue weighted by atomic mass is 10.0. The van der Waals surface area contributed by atoms with Crippen molar-refractivity contribution in [2.45, 2.75) is 0 Å². The lowest BCUT2D eigenvalue weighted by Gasteiger charge is -2.10. The Morgan fingerprint density at radius 1 is 1.05 bits per heavy atom. The Labute approximate surface area is 124 Å². The van der Waals surface area contributed by atoms with E-state index >= 15 is 0 Å². The Balaban J connectivity index is 2.51. The van der Waals surface area contributed by atoms with Crippen LogP contribution in [0.4, 0.5) is 4.39 Å². The van der Waals surface area contributed by atoms with Crippen molar-refractivity contribution >= 4 is 21.7 Å². The van der Waals surface area contributed by atoms with Crippen molar-refractivity contribution in [3.63, 3.8) is 0 Å². The van der Waals surface area contributed by atoms with Gasteiger partial charge in [-0.3, -0.25) is 4.79 Å². The first kappa shape index (κ1) is 14.5. The summed E-state index contributed by atoms with van der Waals surface area (Å²) in [7, 11) is 2.95. The molecule has 0 aliphatic rings. The number of halogens is 2. The molecule has 0 spiro atoms. The number of ketones is 1. The number of hydrogen-bond acceptors (Lipinski definition) is 3. The number of carbonyl (C=O) groups excluding carboxylic acids is 1. The molecule has 20 heavy (non-hydrogen) atoms. The third-order valence-electron chi connectivity index (χ3n) is 2.83. The monoisotopic (exact) mass is 338 g/mol. The van der Waals surface area contributed by atoms with E-state index in [1.165, 1.54) is 32.4 Å². The number of ether oxygens (including phenoxy) is 2. The van der Waals surface area contributed by atoms with E-state index in [-0.39, 0.29) is 11.1 Å². The van der Waals surface area contributed by atoms with E-state index < -0.39 is 11.6 Å². The van der Waals surface area contributed by atoms with Gasteiger partial charge in [0, 0.05) is 4.47 Å². The fourth-order valence-corrected chi connectivity index (χ4v) is 2.14. The molecule has 0 aliphatic carbocycles. The Kier molecular flexibility index (Phi) is 4.39. The lowest BCUT2D eigenvalue weighted by Crippen LogP contribution is -2.06. The van der Waals surface area contributed by atoms with E-state index in [0.717, 1.165) is 0 Å². The minimum absolute atomic E-state index is 0.0141. The molecule has 0 saturated heterocycles. The predicted octanol–water partition coefficient (Wildman–Crippen LogP) is 3.84. The second-order valence-electron chi connectivity index (χ2n) is 4.02. The average Bonchev–Trinajstić information content (AvgIpc) is 2.46. The summed E-state index contributed by atoms with van der Waals surface area (Å²) in [6, 6.07) is 9.11. The van der Waals surface area contributed by atoms with Crippen molar-refractivity contribution in [2.24, 2.45) is 0 Å². The van der Waals surface area contributed by atoms with Crippen LogP contribution in [0.15, 0.2) is 40.9 Å². The standard InChI is InChI=1S/C15H12BrFO3/c1-19-10-4-6-14(20-2)12(8-10)15(18)11-5-3-9(16)7-13(11)17/h3-8H,1-2H3. The van der Waals surface area contributed by atoms with Crippen LogP contribution in [0, 0.1) is 5.82 Å². The summed E-state index contributed by atoms with van der Waals surface area (Å²) < 4.78 is 24.7. The van der Waals surface area contributed by atoms with Crippen molar-refractivity contribution in [1.29, 1.82) is 0 Å². The third kappa shape index (κ3) is 2.82. The molecule has 5 heteroatoms. The molecule has 0 aromatic heterocycles. The van der Waals surface area contributed by atoms with E-state index in [2.05, 4.69) is 15.9 Å². The van der Waals surface area contributed by atoms with Crippen LogP contribution in [0.25, 0.3) is 0 Å². The molecule has 0 radical (unpaired) electrons. The summed E-state index contributed by atoms with van der Waals surface area (Å²) in [5.41, 5.74) is 0.243. The summed E-state index contributed by atoms with van der Waals surface area (Å²) in [5.74, 6) is -0.162. The minimum Gasteiger partial charge on any atom is -0.497 e. The highest BCUT2D eigenvalue weighted by Gasteiger charge is 2.19. The van der Waals surface area contributed by atoms with Crippen molar-refractivity contribution in [2.75, 3.05) is 14.2 Å². The third-order valence-corrected chi connectivity index (χ3v) is 3.32. The van der Waals surface area contributed by atoms with Crippen molar-refractivity contribution in [1.82, 2.24) is 0 Å². The Morgan fingerprint density at radius 3 is 2.40 bits per heavy atom. The van der Waals surface area contributed by atoms with E-state index in [0.29, 0.717) is 16.0 Å². The van der Waals surface area contributed by atoms with Crippen LogP contribution >= 0.6 is 15.9 Å². The number of benzene rings is 2. The number of methoxy groups -OCH3 is 2. The molecule has 2 aromatic rings. The molecule has 0 atom stereocenters. The quantitative estimate of drug-likeness (QED) is 0.794. The number of hydrogen-bond donors (Lipinski definition) is 0. The summed E-state index contributed by atoms with van der Waals surface area (Å²) in [5, 5.41) is 0. The Hall–Kier alpha value is -1.88. The van der Waals surface area contributed by atoms with E-state index in [4.69, 9.17) is 9.47 Å². The molecule has 0 amide bonds. The van der Waals surface area contributed by atoms with Crippen LogP contribution < -0.4 is 9.47 Å². The molecule has 104 valence electrons.